The van der Waals surface area contributed by atoms with Gasteiger partial charge in [0.2, 0.25) is 5.91 Å². The summed E-state index contributed by atoms with van der Waals surface area (Å²) in [5.41, 5.74) is 0.870. The van der Waals surface area contributed by atoms with E-state index in [-0.39, 0.29) is 23.6 Å². The van der Waals surface area contributed by atoms with Gasteiger partial charge in [-0.1, -0.05) is 23.7 Å². The molecule has 1 aromatic carbocycles. The number of rotatable bonds is 3. The first-order chi connectivity index (χ1) is 9.63. The molecule has 2 aromatic rings. The van der Waals surface area contributed by atoms with E-state index < -0.39 is 0 Å². The van der Waals surface area contributed by atoms with E-state index in [0.717, 1.165) is 12.0 Å². The molecular weight excluding hydrogens is 279 g/mol. The smallest absolute Gasteiger partial charge is 0.229 e. The minimum atomic E-state index is -0.270. The van der Waals surface area contributed by atoms with Gasteiger partial charge in [-0.25, -0.2) is 9.37 Å². The largest absolute Gasteiger partial charge is 0.310 e. The van der Waals surface area contributed by atoms with Crippen LogP contribution in [0.3, 0.4) is 0 Å². The van der Waals surface area contributed by atoms with Crippen molar-refractivity contribution in [1.29, 1.82) is 0 Å². The van der Waals surface area contributed by atoms with Gasteiger partial charge in [0.1, 0.15) is 11.6 Å². The van der Waals surface area contributed by atoms with Gasteiger partial charge in [-0.15, -0.1) is 0 Å². The number of carbonyl (C=O) groups excluding carboxylic acids is 1. The van der Waals surface area contributed by atoms with Gasteiger partial charge in [0.15, 0.2) is 0 Å². The van der Waals surface area contributed by atoms with Crippen LogP contribution in [-0.4, -0.2) is 10.9 Å². The molecule has 1 N–H and O–H groups in total. The average molecular weight is 291 g/mol. The summed E-state index contributed by atoms with van der Waals surface area (Å²) in [5, 5.41) is 3.26. The van der Waals surface area contributed by atoms with Crippen molar-refractivity contribution < 1.29 is 9.18 Å². The fourth-order valence-electron chi connectivity index (χ4n) is 2.26. The summed E-state index contributed by atoms with van der Waals surface area (Å²) in [4.78, 5) is 16.1. The highest BCUT2D eigenvalue weighted by atomic mass is 35.5. The lowest BCUT2D eigenvalue weighted by Crippen LogP contribution is -2.15. The van der Waals surface area contributed by atoms with Crippen molar-refractivity contribution in [3.8, 4) is 0 Å². The maximum atomic E-state index is 13.1. The maximum Gasteiger partial charge on any atom is 0.229 e. The minimum Gasteiger partial charge on any atom is -0.310 e. The van der Waals surface area contributed by atoms with Crippen molar-refractivity contribution in [2.24, 2.45) is 5.92 Å². The van der Waals surface area contributed by atoms with E-state index in [1.165, 1.54) is 18.3 Å². The van der Waals surface area contributed by atoms with Gasteiger partial charge in [0.25, 0.3) is 0 Å². The summed E-state index contributed by atoms with van der Waals surface area (Å²) in [6.07, 6.45) is 2.22. The molecule has 1 amide bonds. The normalized spacial score (nSPS) is 20.5. The molecule has 0 unspecified atom stereocenters. The van der Waals surface area contributed by atoms with E-state index in [2.05, 4.69) is 10.3 Å². The Labute approximate surface area is 120 Å². The second-order valence-electron chi connectivity index (χ2n) is 4.85. The van der Waals surface area contributed by atoms with E-state index >= 15 is 0 Å². The second-order valence-corrected chi connectivity index (χ2v) is 5.29. The predicted molar refractivity (Wildman–Crippen MR) is 75.1 cm³/mol. The van der Waals surface area contributed by atoms with Gasteiger partial charge < -0.3 is 5.32 Å². The molecule has 1 aliphatic rings. The van der Waals surface area contributed by atoms with Crippen molar-refractivity contribution in [3.63, 3.8) is 0 Å². The molecular formula is C15H12ClFN2O. The molecule has 20 heavy (non-hydrogen) atoms. The van der Waals surface area contributed by atoms with Crippen LogP contribution in [0.2, 0.25) is 5.02 Å². The van der Waals surface area contributed by atoms with Crippen molar-refractivity contribution in [2.45, 2.75) is 12.3 Å². The van der Waals surface area contributed by atoms with Gasteiger partial charge in [0, 0.05) is 12.1 Å². The number of hydrogen-bond donors (Lipinski definition) is 1. The first kappa shape index (κ1) is 13.1. The second kappa shape index (κ2) is 5.21. The molecule has 0 spiro atoms. The molecule has 3 rings (SSSR count). The van der Waals surface area contributed by atoms with Crippen molar-refractivity contribution in [3.05, 3.63) is 59.0 Å². The van der Waals surface area contributed by atoms with Crippen LogP contribution >= 0.6 is 11.6 Å². The number of aromatic nitrogens is 1. The molecule has 1 heterocycles. The van der Waals surface area contributed by atoms with Crippen molar-refractivity contribution in [1.82, 2.24) is 4.98 Å². The van der Waals surface area contributed by atoms with Gasteiger partial charge in [-0.2, -0.15) is 0 Å². The van der Waals surface area contributed by atoms with Gasteiger partial charge >= 0.3 is 0 Å². The molecule has 1 aromatic heterocycles. The van der Waals surface area contributed by atoms with Crippen LogP contribution in [0.25, 0.3) is 0 Å². The first-order valence-corrected chi connectivity index (χ1v) is 6.69. The number of hydrogen-bond acceptors (Lipinski definition) is 2. The Morgan fingerprint density at radius 1 is 1.35 bits per heavy atom. The molecule has 5 heteroatoms. The SMILES string of the molecule is O=C(Nc1ccc(Cl)cn1)[C@@H]1C[C@H]1c1cccc(F)c1. The molecule has 1 fully saturated rings. The van der Waals surface area contributed by atoms with Gasteiger partial charge in [0.05, 0.1) is 5.02 Å². The standard InChI is InChI=1S/C15H12ClFN2O/c16-10-4-5-14(18-8-10)19-15(20)13-7-12(13)9-2-1-3-11(17)6-9/h1-6,8,12-13H,7H2,(H,18,19,20)/t12-,13+/m0/s1. The van der Waals surface area contributed by atoms with E-state index in [1.807, 2.05) is 6.07 Å². The highest BCUT2D eigenvalue weighted by Crippen LogP contribution is 2.48. The molecule has 1 saturated carbocycles. The predicted octanol–water partition coefficient (Wildman–Crippen LogP) is 3.62. The van der Waals surface area contributed by atoms with E-state index in [1.54, 1.807) is 18.2 Å². The number of anilines is 1. The Hall–Kier alpha value is -1.94. The van der Waals surface area contributed by atoms with Crippen LogP contribution in [0, 0.1) is 11.7 Å². The number of pyridine rings is 1. The quantitative estimate of drug-likeness (QED) is 0.938. The third kappa shape index (κ3) is 2.80. The average Bonchev–Trinajstić information content (AvgIpc) is 3.22. The lowest BCUT2D eigenvalue weighted by atomic mass is 10.1. The molecule has 102 valence electrons. The molecule has 0 saturated heterocycles. The fraction of sp³-hybridized carbons (Fsp3) is 0.200. The van der Waals surface area contributed by atoms with E-state index in [9.17, 15) is 9.18 Å². The zero-order valence-corrected chi connectivity index (χ0v) is 11.3. The molecule has 0 aliphatic heterocycles. The molecule has 0 radical (unpaired) electrons. The third-order valence-electron chi connectivity index (χ3n) is 3.38. The lowest BCUT2D eigenvalue weighted by molar-refractivity contribution is -0.117. The van der Waals surface area contributed by atoms with Crippen LogP contribution < -0.4 is 5.32 Å². The highest BCUT2D eigenvalue weighted by molar-refractivity contribution is 6.30. The Kier molecular flexibility index (Phi) is 3.40. The molecule has 3 nitrogen and oxygen atoms in total. The minimum absolute atomic E-state index is 0.0888. The Morgan fingerprint density at radius 3 is 2.90 bits per heavy atom. The summed E-state index contributed by atoms with van der Waals surface area (Å²) < 4.78 is 13.1. The lowest BCUT2D eigenvalue weighted by Gasteiger charge is -2.04. The Bertz CT molecular complexity index is 645. The first-order valence-electron chi connectivity index (χ1n) is 6.31. The fourth-order valence-corrected chi connectivity index (χ4v) is 2.37. The monoisotopic (exact) mass is 290 g/mol. The van der Waals surface area contributed by atoms with Crippen LogP contribution in [0.15, 0.2) is 42.6 Å². The van der Waals surface area contributed by atoms with Crippen LogP contribution in [-0.2, 0) is 4.79 Å². The van der Waals surface area contributed by atoms with E-state index in [0.29, 0.717) is 10.8 Å². The highest BCUT2D eigenvalue weighted by Gasteiger charge is 2.44. The maximum absolute atomic E-state index is 13.1. The third-order valence-corrected chi connectivity index (χ3v) is 3.61. The zero-order chi connectivity index (χ0) is 14.1. The van der Waals surface area contributed by atoms with Crippen LogP contribution in [0.4, 0.5) is 10.2 Å². The Balaban J connectivity index is 1.64. The molecule has 2 atom stereocenters. The number of nitrogens with one attached hydrogen (secondary N) is 1. The van der Waals surface area contributed by atoms with Crippen LogP contribution in [0.1, 0.15) is 17.9 Å². The van der Waals surface area contributed by atoms with Crippen LogP contribution in [0.5, 0.6) is 0 Å². The Morgan fingerprint density at radius 2 is 2.20 bits per heavy atom. The topological polar surface area (TPSA) is 42.0 Å². The number of benzene rings is 1. The van der Waals surface area contributed by atoms with Gasteiger partial charge in [-0.05, 0) is 42.2 Å². The zero-order valence-electron chi connectivity index (χ0n) is 10.5. The molecule has 0 bridgehead atoms. The summed E-state index contributed by atoms with van der Waals surface area (Å²) in [7, 11) is 0. The summed E-state index contributed by atoms with van der Waals surface area (Å²) in [6.45, 7) is 0. The van der Waals surface area contributed by atoms with E-state index in [4.69, 9.17) is 11.6 Å². The number of halogens is 2. The number of carbonyl (C=O) groups is 1. The summed E-state index contributed by atoms with van der Waals surface area (Å²) >= 11 is 5.73. The summed E-state index contributed by atoms with van der Waals surface area (Å²) in [6, 6.07) is 9.72. The molecule has 1 aliphatic carbocycles. The number of amides is 1. The van der Waals surface area contributed by atoms with Crippen molar-refractivity contribution in [2.75, 3.05) is 5.32 Å². The van der Waals surface area contributed by atoms with Crippen molar-refractivity contribution >= 4 is 23.3 Å². The van der Waals surface area contributed by atoms with Gasteiger partial charge in [-0.3, -0.25) is 4.79 Å². The summed E-state index contributed by atoms with van der Waals surface area (Å²) in [5.74, 6) is 0.0959. The number of nitrogens with zero attached hydrogens (tertiary/aromatic N) is 1.